The van der Waals surface area contributed by atoms with Gasteiger partial charge in [0.25, 0.3) is 0 Å². The number of carbonyl (C=O) groups is 1. The van der Waals surface area contributed by atoms with E-state index in [0.717, 1.165) is 0 Å². The number of aliphatic hydroxyl groups is 6. The molecule has 4 atom stereocenters. The number of hydrogen-bond acceptors (Lipinski definition) is 7. The van der Waals surface area contributed by atoms with Gasteiger partial charge >= 0.3 is 0 Å². The van der Waals surface area contributed by atoms with E-state index in [2.05, 4.69) is 0 Å². The van der Waals surface area contributed by atoms with Gasteiger partial charge in [-0.15, -0.1) is 0 Å². The van der Waals surface area contributed by atoms with Crippen LogP contribution in [-0.2, 0) is 4.79 Å². The fraction of sp³-hybridized carbons (Fsp3) is 0.857. The molecule has 0 spiro atoms. The normalized spacial score (nSPS) is 19.9. The zero-order chi connectivity index (χ0) is 11.3. The lowest BCUT2D eigenvalue weighted by Gasteiger charge is -2.20. The summed E-state index contributed by atoms with van der Waals surface area (Å²) in [5.74, 6) is -1.26. The molecule has 14 heavy (non-hydrogen) atoms. The van der Waals surface area contributed by atoms with Gasteiger partial charge in [0.15, 0.2) is 5.78 Å². The van der Waals surface area contributed by atoms with Crippen LogP contribution in [0.2, 0.25) is 0 Å². The smallest absolute Gasteiger partial charge is 0.195 e. The van der Waals surface area contributed by atoms with Crippen molar-refractivity contribution in [2.45, 2.75) is 24.4 Å². The minimum Gasteiger partial charge on any atom is -0.394 e. The molecule has 0 rings (SSSR count). The summed E-state index contributed by atoms with van der Waals surface area (Å²) in [5.41, 5.74) is 0. The van der Waals surface area contributed by atoms with Crippen molar-refractivity contribution in [1.82, 2.24) is 0 Å². The number of rotatable bonds is 6. The molecule has 0 amide bonds. The maximum absolute atomic E-state index is 11.0. The van der Waals surface area contributed by atoms with E-state index in [-0.39, 0.29) is 0 Å². The van der Waals surface area contributed by atoms with Gasteiger partial charge in [0, 0.05) is 0 Å². The third-order valence-corrected chi connectivity index (χ3v) is 1.69. The van der Waals surface area contributed by atoms with Gasteiger partial charge in [0.1, 0.15) is 24.4 Å². The Kier molecular flexibility index (Phi) is 5.77. The lowest BCUT2D eigenvalue weighted by molar-refractivity contribution is -0.150. The summed E-state index contributed by atoms with van der Waals surface area (Å²) < 4.78 is 0. The Morgan fingerprint density at radius 3 is 1.36 bits per heavy atom. The van der Waals surface area contributed by atoms with Gasteiger partial charge in [-0.2, -0.15) is 0 Å². The molecule has 0 radical (unpaired) electrons. The second kappa shape index (κ2) is 6.02. The van der Waals surface area contributed by atoms with E-state index in [1.807, 2.05) is 0 Å². The molecule has 7 nitrogen and oxygen atoms in total. The molecular weight excluding hydrogens is 196 g/mol. The summed E-state index contributed by atoms with van der Waals surface area (Å²) in [7, 11) is 0. The average molecular weight is 210 g/mol. The van der Waals surface area contributed by atoms with Crippen molar-refractivity contribution in [3.8, 4) is 0 Å². The molecule has 0 aliphatic heterocycles. The standard InChI is InChI=1S/C7H14O7/c8-1-3(10)5(12)7(14)6(13)4(11)2-9/h3-6,8-13H,1-2H2/t3-,4-,5-,6-/m0/s1. The lowest BCUT2D eigenvalue weighted by Crippen LogP contribution is -2.47. The first kappa shape index (κ1) is 13.4. The van der Waals surface area contributed by atoms with Crippen molar-refractivity contribution in [2.24, 2.45) is 0 Å². The minimum absolute atomic E-state index is 0.852. The SMILES string of the molecule is O=C([C@@H](O)[C@@H](O)CO)[C@@H](O)[C@@H](O)CO. The number of ketones is 1. The van der Waals surface area contributed by atoms with Crippen LogP contribution in [0.1, 0.15) is 0 Å². The maximum atomic E-state index is 11.0. The summed E-state index contributed by atoms with van der Waals surface area (Å²) in [5, 5.41) is 52.4. The average Bonchev–Trinajstić information content (AvgIpc) is 2.23. The molecule has 0 saturated heterocycles. The van der Waals surface area contributed by atoms with Crippen molar-refractivity contribution in [1.29, 1.82) is 0 Å². The Bertz CT molecular complexity index is 165. The van der Waals surface area contributed by atoms with Gasteiger partial charge in [-0.05, 0) is 0 Å². The minimum atomic E-state index is -1.99. The highest BCUT2D eigenvalue weighted by molar-refractivity contribution is 5.88. The zero-order valence-corrected chi connectivity index (χ0v) is 7.32. The van der Waals surface area contributed by atoms with Crippen LogP contribution in [0.15, 0.2) is 0 Å². The fourth-order valence-electron chi connectivity index (χ4n) is 0.754. The molecule has 0 aromatic heterocycles. The Morgan fingerprint density at radius 2 is 1.14 bits per heavy atom. The molecule has 0 unspecified atom stereocenters. The summed E-state index contributed by atoms with van der Waals surface area (Å²) >= 11 is 0. The third-order valence-electron chi connectivity index (χ3n) is 1.69. The van der Waals surface area contributed by atoms with E-state index < -0.39 is 43.4 Å². The van der Waals surface area contributed by atoms with Gasteiger partial charge in [0.05, 0.1) is 13.2 Å². The maximum Gasteiger partial charge on any atom is 0.195 e. The summed E-state index contributed by atoms with van der Waals surface area (Å²) in [6.45, 7) is -1.70. The van der Waals surface area contributed by atoms with Crippen molar-refractivity contribution in [2.75, 3.05) is 13.2 Å². The largest absolute Gasteiger partial charge is 0.394 e. The van der Waals surface area contributed by atoms with E-state index in [1.54, 1.807) is 0 Å². The predicted molar refractivity (Wildman–Crippen MR) is 43.2 cm³/mol. The molecule has 0 bridgehead atoms. The van der Waals surface area contributed by atoms with Gasteiger partial charge in [-0.25, -0.2) is 0 Å². The Balaban J connectivity index is 4.31. The molecule has 0 heterocycles. The number of Topliss-reactive ketones (excluding diaryl/α,β-unsaturated/α-hetero) is 1. The van der Waals surface area contributed by atoms with E-state index >= 15 is 0 Å². The molecule has 0 fully saturated rings. The second-order valence-corrected chi connectivity index (χ2v) is 2.79. The van der Waals surface area contributed by atoms with E-state index in [9.17, 15) is 4.79 Å². The summed E-state index contributed by atoms with van der Waals surface area (Å²) in [6, 6.07) is 0. The Labute approximate surface area is 79.9 Å². The molecular formula is C7H14O7. The van der Waals surface area contributed by atoms with Gasteiger partial charge in [-0.1, -0.05) is 0 Å². The second-order valence-electron chi connectivity index (χ2n) is 2.79. The van der Waals surface area contributed by atoms with E-state index in [4.69, 9.17) is 30.6 Å². The zero-order valence-electron chi connectivity index (χ0n) is 7.32. The molecule has 84 valence electrons. The van der Waals surface area contributed by atoms with Crippen LogP contribution >= 0.6 is 0 Å². The molecule has 0 aliphatic rings. The third kappa shape index (κ3) is 3.29. The Morgan fingerprint density at radius 1 is 0.857 bits per heavy atom. The summed E-state index contributed by atoms with van der Waals surface area (Å²) in [4.78, 5) is 11.0. The highest BCUT2D eigenvalue weighted by Crippen LogP contribution is 2.02. The van der Waals surface area contributed by atoms with Crippen LogP contribution in [-0.4, -0.2) is 74.1 Å². The lowest BCUT2D eigenvalue weighted by atomic mass is 10.0. The Hall–Kier alpha value is -0.570. The van der Waals surface area contributed by atoms with Gasteiger partial charge < -0.3 is 30.6 Å². The van der Waals surface area contributed by atoms with Crippen molar-refractivity contribution < 1.29 is 35.4 Å². The highest BCUT2D eigenvalue weighted by atomic mass is 16.4. The highest BCUT2D eigenvalue weighted by Gasteiger charge is 2.32. The molecule has 0 aromatic rings. The van der Waals surface area contributed by atoms with Gasteiger partial charge in [-0.3, -0.25) is 4.79 Å². The van der Waals surface area contributed by atoms with Crippen LogP contribution in [0.4, 0.5) is 0 Å². The first-order valence-corrected chi connectivity index (χ1v) is 3.93. The van der Waals surface area contributed by atoms with E-state index in [1.165, 1.54) is 0 Å². The fourth-order valence-corrected chi connectivity index (χ4v) is 0.754. The predicted octanol–water partition coefficient (Wildman–Crippen LogP) is -4.02. The van der Waals surface area contributed by atoms with Gasteiger partial charge in [0.2, 0.25) is 0 Å². The monoisotopic (exact) mass is 210 g/mol. The topological polar surface area (TPSA) is 138 Å². The van der Waals surface area contributed by atoms with Crippen LogP contribution in [0.25, 0.3) is 0 Å². The first-order chi connectivity index (χ1) is 6.45. The molecule has 6 N–H and O–H groups in total. The molecule has 7 heteroatoms. The van der Waals surface area contributed by atoms with Crippen LogP contribution in [0, 0.1) is 0 Å². The van der Waals surface area contributed by atoms with E-state index in [0.29, 0.717) is 0 Å². The first-order valence-electron chi connectivity index (χ1n) is 3.93. The summed E-state index contributed by atoms with van der Waals surface area (Å²) in [6.07, 6.45) is -7.42. The number of hydrogen-bond donors (Lipinski definition) is 6. The number of carbonyl (C=O) groups excluding carboxylic acids is 1. The van der Waals surface area contributed by atoms with Crippen LogP contribution in [0.5, 0.6) is 0 Å². The van der Waals surface area contributed by atoms with Crippen molar-refractivity contribution in [3.63, 3.8) is 0 Å². The molecule has 0 saturated carbocycles. The van der Waals surface area contributed by atoms with Crippen LogP contribution < -0.4 is 0 Å². The van der Waals surface area contributed by atoms with Crippen molar-refractivity contribution >= 4 is 5.78 Å². The van der Waals surface area contributed by atoms with Crippen molar-refractivity contribution in [3.05, 3.63) is 0 Å². The van der Waals surface area contributed by atoms with Crippen LogP contribution in [0.3, 0.4) is 0 Å². The molecule has 0 aromatic carbocycles. The number of aliphatic hydroxyl groups excluding tert-OH is 6. The quantitative estimate of drug-likeness (QED) is 0.262. The molecule has 0 aliphatic carbocycles.